The van der Waals surface area contributed by atoms with Crippen molar-refractivity contribution in [2.24, 2.45) is 0 Å². The van der Waals surface area contributed by atoms with Crippen molar-refractivity contribution >= 4 is 23.2 Å². The van der Waals surface area contributed by atoms with Crippen LogP contribution >= 0.6 is 11.6 Å². The molecule has 0 spiro atoms. The summed E-state index contributed by atoms with van der Waals surface area (Å²) in [7, 11) is 4.54. The molecule has 0 saturated heterocycles. The van der Waals surface area contributed by atoms with Crippen LogP contribution in [0.2, 0.25) is 5.02 Å². The first-order valence-corrected chi connectivity index (χ1v) is 8.26. The maximum atomic E-state index is 12.2. The van der Waals surface area contributed by atoms with Gasteiger partial charge in [0.25, 0.3) is 5.91 Å². The summed E-state index contributed by atoms with van der Waals surface area (Å²) in [5, 5.41) is 3.44. The number of aryl methyl sites for hydroxylation is 2. The van der Waals surface area contributed by atoms with Crippen LogP contribution < -0.4 is 24.3 Å². The number of hydrogen-bond donors (Lipinski definition) is 1. The quantitative estimate of drug-likeness (QED) is 0.787. The fourth-order valence-electron chi connectivity index (χ4n) is 2.49. The monoisotopic (exact) mass is 379 g/mol. The topological polar surface area (TPSA) is 66.0 Å². The molecule has 0 atom stereocenters. The van der Waals surface area contributed by atoms with Crippen LogP contribution in [0.15, 0.2) is 24.3 Å². The number of ether oxygens (including phenoxy) is 4. The number of carbonyl (C=O) groups is 1. The third-order valence-electron chi connectivity index (χ3n) is 3.73. The lowest BCUT2D eigenvalue weighted by molar-refractivity contribution is -0.118. The molecule has 2 rings (SSSR count). The number of halogens is 1. The van der Waals surface area contributed by atoms with Gasteiger partial charge in [-0.05, 0) is 37.1 Å². The number of rotatable bonds is 7. The summed E-state index contributed by atoms with van der Waals surface area (Å²) in [5.74, 6) is 1.63. The van der Waals surface area contributed by atoms with Gasteiger partial charge in [-0.2, -0.15) is 0 Å². The predicted octanol–water partition coefficient (Wildman–Crippen LogP) is 4.00. The fraction of sp³-hybridized carbons (Fsp3) is 0.316. The maximum absolute atomic E-state index is 12.2. The van der Waals surface area contributed by atoms with Gasteiger partial charge >= 0.3 is 0 Å². The van der Waals surface area contributed by atoms with E-state index in [-0.39, 0.29) is 12.5 Å². The molecule has 0 aliphatic carbocycles. The van der Waals surface area contributed by atoms with Gasteiger partial charge in [0, 0.05) is 22.8 Å². The van der Waals surface area contributed by atoms with Gasteiger partial charge in [0.2, 0.25) is 5.75 Å². The number of anilines is 1. The molecule has 1 N–H and O–H groups in total. The Bertz CT molecular complexity index is 759. The second kappa shape index (κ2) is 8.67. The molecule has 2 aromatic rings. The Hall–Kier alpha value is -2.60. The van der Waals surface area contributed by atoms with E-state index in [1.165, 1.54) is 21.3 Å². The van der Waals surface area contributed by atoms with Crippen LogP contribution in [-0.2, 0) is 4.79 Å². The number of hydrogen-bond acceptors (Lipinski definition) is 5. The number of amides is 1. The van der Waals surface area contributed by atoms with Crippen LogP contribution in [0, 0.1) is 13.8 Å². The number of carbonyl (C=O) groups excluding carboxylic acids is 1. The lowest BCUT2D eigenvalue weighted by atomic mass is 10.1. The number of nitrogens with one attached hydrogen (secondary N) is 1. The predicted molar refractivity (Wildman–Crippen MR) is 101 cm³/mol. The third kappa shape index (κ3) is 4.52. The first-order chi connectivity index (χ1) is 12.4. The van der Waals surface area contributed by atoms with Crippen molar-refractivity contribution in [2.45, 2.75) is 13.8 Å². The van der Waals surface area contributed by atoms with Gasteiger partial charge in [-0.1, -0.05) is 11.6 Å². The van der Waals surface area contributed by atoms with Gasteiger partial charge in [0.15, 0.2) is 18.1 Å². The van der Waals surface area contributed by atoms with E-state index in [0.717, 1.165) is 11.1 Å². The molecule has 0 heterocycles. The molecule has 1 amide bonds. The van der Waals surface area contributed by atoms with Gasteiger partial charge < -0.3 is 24.3 Å². The van der Waals surface area contributed by atoms with Gasteiger partial charge in [0.1, 0.15) is 5.75 Å². The summed E-state index contributed by atoms with van der Waals surface area (Å²) in [4.78, 5) is 12.2. The Labute approximate surface area is 158 Å². The van der Waals surface area contributed by atoms with Crippen LogP contribution in [0.1, 0.15) is 11.1 Å². The van der Waals surface area contributed by atoms with Crippen LogP contribution in [0.4, 0.5) is 5.69 Å². The lowest BCUT2D eigenvalue weighted by Crippen LogP contribution is -2.20. The summed E-state index contributed by atoms with van der Waals surface area (Å²) < 4.78 is 21.3. The molecule has 0 saturated carbocycles. The van der Waals surface area contributed by atoms with Crippen molar-refractivity contribution in [1.29, 1.82) is 0 Å². The molecule has 0 radical (unpaired) electrons. The molecule has 26 heavy (non-hydrogen) atoms. The molecule has 2 aromatic carbocycles. The average molecular weight is 380 g/mol. The molecular weight excluding hydrogens is 358 g/mol. The zero-order chi connectivity index (χ0) is 19.3. The molecule has 140 valence electrons. The van der Waals surface area contributed by atoms with Crippen molar-refractivity contribution in [2.75, 3.05) is 33.3 Å². The van der Waals surface area contributed by atoms with Crippen molar-refractivity contribution in [3.8, 4) is 23.0 Å². The Morgan fingerprint density at radius 2 is 1.50 bits per heavy atom. The largest absolute Gasteiger partial charge is 0.493 e. The smallest absolute Gasteiger partial charge is 0.262 e. The Balaban J connectivity index is 2.08. The van der Waals surface area contributed by atoms with Gasteiger partial charge in [-0.25, -0.2) is 0 Å². The standard InChI is InChI=1S/C19H22ClNO5/c1-11-6-14(7-12(2)18(11)20)26-10-17(22)21-13-8-15(23-3)19(25-5)16(9-13)24-4/h6-9H,10H2,1-5H3,(H,21,22). The van der Waals surface area contributed by atoms with Crippen LogP contribution in [0.25, 0.3) is 0 Å². The molecular formula is C19H22ClNO5. The summed E-state index contributed by atoms with van der Waals surface area (Å²) in [6.45, 7) is 3.63. The van der Waals surface area contributed by atoms with Crippen LogP contribution in [0.5, 0.6) is 23.0 Å². The third-order valence-corrected chi connectivity index (χ3v) is 4.32. The summed E-state index contributed by atoms with van der Waals surface area (Å²) in [5.41, 5.74) is 2.30. The number of methoxy groups -OCH3 is 3. The molecule has 0 aliphatic rings. The summed E-state index contributed by atoms with van der Waals surface area (Å²) >= 11 is 6.13. The van der Waals surface area contributed by atoms with E-state index in [2.05, 4.69) is 5.32 Å². The zero-order valence-corrected chi connectivity index (χ0v) is 16.2. The van der Waals surface area contributed by atoms with E-state index in [1.807, 2.05) is 13.8 Å². The first kappa shape index (κ1) is 19.7. The Morgan fingerprint density at radius 1 is 0.962 bits per heavy atom. The van der Waals surface area contributed by atoms with Gasteiger partial charge in [0.05, 0.1) is 21.3 Å². The van der Waals surface area contributed by atoms with E-state index >= 15 is 0 Å². The van der Waals surface area contributed by atoms with Crippen molar-refractivity contribution in [3.05, 3.63) is 40.4 Å². The Kier molecular flexibility index (Phi) is 6.58. The molecule has 0 fully saturated rings. The average Bonchev–Trinajstić information content (AvgIpc) is 2.63. The molecule has 0 unspecified atom stereocenters. The summed E-state index contributed by atoms with van der Waals surface area (Å²) in [6.07, 6.45) is 0. The lowest BCUT2D eigenvalue weighted by Gasteiger charge is -2.15. The fourth-order valence-corrected chi connectivity index (χ4v) is 2.60. The van der Waals surface area contributed by atoms with E-state index in [0.29, 0.717) is 33.7 Å². The normalized spacial score (nSPS) is 10.2. The molecule has 7 heteroatoms. The minimum absolute atomic E-state index is 0.142. The molecule has 6 nitrogen and oxygen atoms in total. The second-order valence-corrected chi connectivity index (χ2v) is 6.00. The van der Waals surface area contributed by atoms with E-state index in [4.69, 9.17) is 30.5 Å². The number of benzene rings is 2. The summed E-state index contributed by atoms with van der Waals surface area (Å²) in [6, 6.07) is 6.88. The van der Waals surface area contributed by atoms with E-state index in [1.54, 1.807) is 24.3 Å². The van der Waals surface area contributed by atoms with E-state index in [9.17, 15) is 4.79 Å². The zero-order valence-electron chi connectivity index (χ0n) is 15.4. The van der Waals surface area contributed by atoms with Gasteiger partial charge in [-0.3, -0.25) is 4.79 Å². The van der Waals surface area contributed by atoms with Gasteiger partial charge in [-0.15, -0.1) is 0 Å². The molecule has 0 bridgehead atoms. The molecule has 0 aromatic heterocycles. The first-order valence-electron chi connectivity index (χ1n) is 7.89. The Morgan fingerprint density at radius 3 is 1.96 bits per heavy atom. The van der Waals surface area contributed by atoms with Crippen molar-refractivity contribution in [1.82, 2.24) is 0 Å². The second-order valence-electron chi connectivity index (χ2n) is 5.62. The van der Waals surface area contributed by atoms with E-state index < -0.39 is 0 Å². The van der Waals surface area contributed by atoms with Crippen molar-refractivity contribution < 1.29 is 23.7 Å². The van der Waals surface area contributed by atoms with Crippen LogP contribution in [0.3, 0.4) is 0 Å². The maximum Gasteiger partial charge on any atom is 0.262 e. The van der Waals surface area contributed by atoms with Crippen molar-refractivity contribution in [3.63, 3.8) is 0 Å². The minimum atomic E-state index is -0.315. The highest BCUT2D eigenvalue weighted by molar-refractivity contribution is 6.32. The minimum Gasteiger partial charge on any atom is -0.493 e. The highest BCUT2D eigenvalue weighted by Gasteiger charge is 2.15. The van der Waals surface area contributed by atoms with Crippen LogP contribution in [-0.4, -0.2) is 33.8 Å². The highest BCUT2D eigenvalue weighted by Crippen LogP contribution is 2.39. The SMILES string of the molecule is COc1cc(NC(=O)COc2cc(C)c(Cl)c(C)c2)cc(OC)c1OC. The molecule has 0 aliphatic heterocycles. The highest BCUT2D eigenvalue weighted by atomic mass is 35.5.